The SMILES string of the molecule is Cc1c2c(nn1C)[C@H]1CCC[C@@H](C2)N1C(=O)OC(C)(C)C. The fraction of sp³-hybridized carbons (Fsp3) is 0.750. The van der Waals surface area contributed by atoms with E-state index < -0.39 is 5.60 Å². The van der Waals surface area contributed by atoms with Gasteiger partial charge in [0.25, 0.3) is 0 Å². The first-order valence-corrected chi connectivity index (χ1v) is 7.81. The van der Waals surface area contributed by atoms with Gasteiger partial charge < -0.3 is 4.74 Å². The van der Waals surface area contributed by atoms with Gasteiger partial charge in [-0.15, -0.1) is 0 Å². The molecule has 0 N–H and O–H groups in total. The molecule has 2 atom stereocenters. The fourth-order valence-electron chi connectivity index (χ4n) is 3.57. The number of hydrogen-bond acceptors (Lipinski definition) is 3. The van der Waals surface area contributed by atoms with Crippen LogP contribution in [-0.4, -0.2) is 32.4 Å². The minimum absolute atomic E-state index is 0.0854. The Bertz CT molecular complexity index is 571. The number of carbonyl (C=O) groups is 1. The monoisotopic (exact) mass is 291 g/mol. The lowest BCUT2D eigenvalue weighted by Gasteiger charge is -2.45. The molecule has 1 aromatic heterocycles. The number of rotatable bonds is 0. The molecule has 0 spiro atoms. The Morgan fingerprint density at radius 2 is 2.05 bits per heavy atom. The van der Waals surface area contributed by atoms with Gasteiger partial charge in [-0.3, -0.25) is 9.58 Å². The summed E-state index contributed by atoms with van der Waals surface area (Å²) < 4.78 is 7.56. The zero-order valence-electron chi connectivity index (χ0n) is 13.6. The van der Waals surface area contributed by atoms with Gasteiger partial charge in [0.05, 0.1) is 11.7 Å². The predicted molar refractivity (Wildman–Crippen MR) is 80.1 cm³/mol. The highest BCUT2D eigenvalue weighted by Crippen LogP contribution is 2.42. The summed E-state index contributed by atoms with van der Waals surface area (Å²) in [4.78, 5) is 14.5. The molecule has 3 rings (SSSR count). The first-order chi connectivity index (χ1) is 9.78. The molecule has 2 aliphatic rings. The van der Waals surface area contributed by atoms with Gasteiger partial charge in [0.15, 0.2) is 0 Å². The third kappa shape index (κ3) is 2.43. The van der Waals surface area contributed by atoms with E-state index in [1.165, 1.54) is 11.3 Å². The van der Waals surface area contributed by atoms with Gasteiger partial charge in [0.1, 0.15) is 5.60 Å². The molecule has 1 saturated heterocycles. The number of aromatic nitrogens is 2. The van der Waals surface area contributed by atoms with Crippen LogP contribution in [-0.2, 0) is 18.2 Å². The highest BCUT2D eigenvalue weighted by atomic mass is 16.6. The van der Waals surface area contributed by atoms with Crippen molar-refractivity contribution >= 4 is 6.09 Å². The van der Waals surface area contributed by atoms with Crippen LogP contribution in [0.2, 0.25) is 0 Å². The Labute approximate surface area is 126 Å². The molecular weight excluding hydrogens is 266 g/mol. The first kappa shape index (κ1) is 14.4. The molecule has 5 nitrogen and oxygen atoms in total. The van der Waals surface area contributed by atoms with Crippen molar-refractivity contribution in [3.63, 3.8) is 0 Å². The van der Waals surface area contributed by atoms with Crippen LogP contribution in [0.25, 0.3) is 0 Å². The lowest BCUT2D eigenvalue weighted by molar-refractivity contribution is -0.0104. The van der Waals surface area contributed by atoms with Gasteiger partial charge in [0, 0.05) is 24.3 Å². The lowest BCUT2D eigenvalue weighted by Crippen LogP contribution is -2.51. The largest absolute Gasteiger partial charge is 0.444 e. The van der Waals surface area contributed by atoms with E-state index in [4.69, 9.17) is 4.74 Å². The molecule has 0 radical (unpaired) electrons. The summed E-state index contributed by atoms with van der Waals surface area (Å²) in [5, 5.41) is 4.67. The molecule has 2 bridgehead atoms. The summed E-state index contributed by atoms with van der Waals surface area (Å²) in [6.45, 7) is 7.87. The first-order valence-electron chi connectivity index (χ1n) is 7.81. The van der Waals surface area contributed by atoms with Crippen molar-refractivity contribution < 1.29 is 9.53 Å². The lowest BCUT2D eigenvalue weighted by atomic mass is 9.83. The van der Waals surface area contributed by atoms with Crippen LogP contribution in [0, 0.1) is 6.92 Å². The van der Waals surface area contributed by atoms with E-state index in [0.717, 1.165) is 31.4 Å². The average molecular weight is 291 g/mol. The van der Waals surface area contributed by atoms with Crippen molar-refractivity contribution in [2.75, 3.05) is 0 Å². The minimum atomic E-state index is -0.453. The van der Waals surface area contributed by atoms with Crippen molar-refractivity contribution in [3.05, 3.63) is 17.0 Å². The van der Waals surface area contributed by atoms with Crippen molar-refractivity contribution in [2.24, 2.45) is 7.05 Å². The summed E-state index contributed by atoms with van der Waals surface area (Å²) in [6, 6.07) is 0.344. The second-order valence-electron chi connectivity index (χ2n) is 7.27. The molecule has 1 aromatic rings. The van der Waals surface area contributed by atoms with Crippen LogP contribution >= 0.6 is 0 Å². The van der Waals surface area contributed by atoms with Crippen molar-refractivity contribution in [2.45, 2.75) is 71.1 Å². The highest BCUT2D eigenvalue weighted by Gasteiger charge is 2.44. The summed E-state index contributed by atoms with van der Waals surface area (Å²) >= 11 is 0. The van der Waals surface area contributed by atoms with Crippen LogP contribution in [0.4, 0.5) is 4.79 Å². The number of fused-ring (bicyclic) bond motifs is 4. The van der Waals surface area contributed by atoms with E-state index in [9.17, 15) is 4.79 Å². The summed E-state index contributed by atoms with van der Waals surface area (Å²) in [6.07, 6.45) is 3.92. The van der Waals surface area contributed by atoms with Crippen molar-refractivity contribution in [1.29, 1.82) is 0 Å². The second-order valence-corrected chi connectivity index (χ2v) is 7.27. The van der Waals surface area contributed by atoms with E-state index in [2.05, 4.69) is 12.0 Å². The van der Waals surface area contributed by atoms with Crippen LogP contribution in [0.3, 0.4) is 0 Å². The van der Waals surface area contributed by atoms with Gasteiger partial charge in [-0.25, -0.2) is 4.79 Å². The molecule has 2 aliphatic heterocycles. The van der Waals surface area contributed by atoms with Crippen molar-refractivity contribution in [1.82, 2.24) is 14.7 Å². The molecule has 1 amide bonds. The molecule has 5 heteroatoms. The normalized spacial score (nSPS) is 24.7. The second kappa shape index (κ2) is 4.75. The maximum atomic E-state index is 12.6. The van der Waals surface area contributed by atoms with E-state index >= 15 is 0 Å². The number of nitrogens with zero attached hydrogens (tertiary/aromatic N) is 3. The van der Waals surface area contributed by atoms with Gasteiger partial charge >= 0.3 is 6.09 Å². The standard InChI is InChI=1S/C16H25N3O2/c1-10-12-9-11-7-6-8-13(14(12)17-18(10)5)19(11)15(20)21-16(2,3)4/h11,13H,6-9H2,1-5H3/t11-,13+/m0/s1. The molecule has 0 aliphatic carbocycles. The highest BCUT2D eigenvalue weighted by molar-refractivity contribution is 5.70. The number of carbonyl (C=O) groups excluding carboxylic acids is 1. The topological polar surface area (TPSA) is 47.4 Å². The van der Waals surface area contributed by atoms with E-state index in [1.807, 2.05) is 37.4 Å². The van der Waals surface area contributed by atoms with Gasteiger partial charge in [-0.2, -0.15) is 5.10 Å². The summed E-state index contributed by atoms with van der Waals surface area (Å²) in [5.41, 5.74) is 3.20. The average Bonchev–Trinajstić information content (AvgIpc) is 2.64. The fourth-order valence-corrected chi connectivity index (χ4v) is 3.57. The molecule has 116 valence electrons. The summed E-state index contributed by atoms with van der Waals surface area (Å²) in [7, 11) is 1.98. The Morgan fingerprint density at radius 1 is 1.33 bits per heavy atom. The Morgan fingerprint density at radius 3 is 2.71 bits per heavy atom. The molecular formula is C16H25N3O2. The maximum absolute atomic E-state index is 12.6. The van der Waals surface area contributed by atoms with Crippen LogP contribution in [0.5, 0.6) is 0 Å². The third-order valence-corrected chi connectivity index (χ3v) is 4.59. The van der Waals surface area contributed by atoms with Crippen LogP contribution in [0.15, 0.2) is 0 Å². The minimum Gasteiger partial charge on any atom is -0.444 e. The van der Waals surface area contributed by atoms with Crippen molar-refractivity contribution in [3.8, 4) is 0 Å². The molecule has 0 saturated carbocycles. The Kier molecular flexibility index (Phi) is 3.26. The third-order valence-electron chi connectivity index (χ3n) is 4.59. The van der Waals surface area contributed by atoms with E-state index in [0.29, 0.717) is 0 Å². The van der Waals surface area contributed by atoms with Crippen LogP contribution in [0.1, 0.15) is 63.0 Å². The zero-order chi connectivity index (χ0) is 15.4. The number of hydrogen-bond donors (Lipinski definition) is 0. The van der Waals surface area contributed by atoms with E-state index in [1.54, 1.807) is 0 Å². The number of amides is 1. The molecule has 3 heterocycles. The number of ether oxygens (including phenoxy) is 1. The quantitative estimate of drug-likeness (QED) is 0.738. The predicted octanol–water partition coefficient (Wildman–Crippen LogP) is 3.12. The van der Waals surface area contributed by atoms with Gasteiger partial charge in [-0.05, 0) is 53.4 Å². The summed E-state index contributed by atoms with van der Waals surface area (Å²) in [5.74, 6) is 0. The zero-order valence-corrected chi connectivity index (χ0v) is 13.6. The van der Waals surface area contributed by atoms with Crippen LogP contribution < -0.4 is 0 Å². The Hall–Kier alpha value is -1.52. The maximum Gasteiger partial charge on any atom is 0.411 e. The number of piperidine rings is 1. The van der Waals surface area contributed by atoms with Gasteiger partial charge in [0.2, 0.25) is 0 Å². The molecule has 0 unspecified atom stereocenters. The van der Waals surface area contributed by atoms with Gasteiger partial charge in [-0.1, -0.05) is 0 Å². The number of aryl methyl sites for hydroxylation is 1. The molecule has 1 fully saturated rings. The van der Waals surface area contributed by atoms with E-state index in [-0.39, 0.29) is 18.2 Å². The smallest absolute Gasteiger partial charge is 0.411 e. The molecule has 0 aromatic carbocycles. The Balaban J connectivity index is 1.95. The molecule has 21 heavy (non-hydrogen) atoms.